The molecule has 0 aromatic carbocycles. The van der Waals surface area contributed by atoms with Crippen molar-refractivity contribution in [3.63, 3.8) is 0 Å². The number of aromatic amines is 1. The van der Waals surface area contributed by atoms with Gasteiger partial charge in [-0.15, -0.1) is 0 Å². The molecule has 2 aromatic rings. The van der Waals surface area contributed by atoms with Gasteiger partial charge < -0.3 is 4.90 Å². The molecule has 0 spiro atoms. The molecule has 3 heterocycles. The van der Waals surface area contributed by atoms with Crippen molar-refractivity contribution < 1.29 is 4.79 Å². The van der Waals surface area contributed by atoms with Crippen LogP contribution in [-0.2, 0) is 12.8 Å². The predicted molar refractivity (Wildman–Crippen MR) is 91.7 cm³/mol. The number of hydrogen-bond acceptors (Lipinski definition) is 3. The quantitative estimate of drug-likeness (QED) is 0.861. The Morgan fingerprint density at radius 2 is 2.08 bits per heavy atom. The third-order valence-electron chi connectivity index (χ3n) is 5.34. The maximum atomic E-state index is 13.3. The van der Waals surface area contributed by atoms with Gasteiger partial charge in [-0.2, -0.15) is 5.10 Å². The summed E-state index contributed by atoms with van der Waals surface area (Å²) < 4.78 is 0. The summed E-state index contributed by atoms with van der Waals surface area (Å²) in [5.41, 5.74) is 4.12. The number of piperidine rings is 1. The number of amides is 1. The topological polar surface area (TPSA) is 61.9 Å². The van der Waals surface area contributed by atoms with E-state index < -0.39 is 0 Å². The van der Waals surface area contributed by atoms with Crippen LogP contribution in [0.5, 0.6) is 0 Å². The zero-order valence-corrected chi connectivity index (χ0v) is 14.0. The molecule has 2 aliphatic rings. The van der Waals surface area contributed by atoms with Gasteiger partial charge in [0.2, 0.25) is 0 Å². The smallest absolute Gasteiger partial charge is 0.275 e. The van der Waals surface area contributed by atoms with Gasteiger partial charge in [0, 0.05) is 30.2 Å². The van der Waals surface area contributed by atoms with Crippen molar-refractivity contribution in [2.24, 2.45) is 0 Å². The number of carbonyl (C=O) groups is 1. The third kappa shape index (κ3) is 2.83. The fourth-order valence-corrected chi connectivity index (χ4v) is 4.06. The number of rotatable bonds is 2. The molecule has 5 heteroatoms. The zero-order valence-electron chi connectivity index (χ0n) is 14.0. The van der Waals surface area contributed by atoms with Gasteiger partial charge in [-0.05, 0) is 56.6 Å². The summed E-state index contributed by atoms with van der Waals surface area (Å²) in [6.07, 6.45) is 12.5. The first-order valence-corrected chi connectivity index (χ1v) is 9.11. The van der Waals surface area contributed by atoms with E-state index in [0.717, 1.165) is 56.2 Å². The van der Waals surface area contributed by atoms with Gasteiger partial charge in [0.1, 0.15) is 0 Å². The Kier molecular flexibility index (Phi) is 4.32. The van der Waals surface area contributed by atoms with Crippen LogP contribution in [0.4, 0.5) is 0 Å². The number of H-pyrrole nitrogens is 1. The molecule has 4 rings (SSSR count). The SMILES string of the molecule is O=C(c1n[nH]c2c1CCCCC2)N1CCCC[C@H]1c1cccnc1. The van der Waals surface area contributed by atoms with Crippen molar-refractivity contribution in [3.05, 3.63) is 47.0 Å². The fraction of sp³-hybridized carbons (Fsp3) is 0.526. The van der Waals surface area contributed by atoms with Crippen LogP contribution >= 0.6 is 0 Å². The monoisotopic (exact) mass is 324 g/mol. The van der Waals surface area contributed by atoms with E-state index in [2.05, 4.69) is 21.2 Å². The summed E-state index contributed by atoms with van der Waals surface area (Å²) in [6, 6.07) is 4.15. The molecular formula is C19H24N4O. The standard InChI is InChI=1S/C19H24N4O/c24-19(18-15-8-2-1-3-9-16(15)21-22-18)23-12-5-4-10-17(23)14-7-6-11-20-13-14/h6-7,11,13,17H,1-5,8-10,12H2,(H,21,22)/t17-/m0/s1. The number of nitrogens with one attached hydrogen (secondary N) is 1. The molecule has 0 bridgehead atoms. The van der Waals surface area contributed by atoms with Crippen LogP contribution in [0.25, 0.3) is 0 Å². The lowest BCUT2D eigenvalue weighted by Gasteiger charge is -2.35. The number of carbonyl (C=O) groups excluding carboxylic acids is 1. The fourth-order valence-electron chi connectivity index (χ4n) is 4.06. The molecule has 2 aromatic heterocycles. The van der Waals surface area contributed by atoms with Gasteiger partial charge in [0.25, 0.3) is 5.91 Å². The van der Waals surface area contributed by atoms with Crippen molar-refractivity contribution in [1.82, 2.24) is 20.1 Å². The van der Waals surface area contributed by atoms with E-state index in [0.29, 0.717) is 5.69 Å². The molecule has 1 amide bonds. The number of likely N-dealkylation sites (tertiary alicyclic amines) is 1. The van der Waals surface area contributed by atoms with Crippen LogP contribution in [0.15, 0.2) is 24.5 Å². The lowest BCUT2D eigenvalue weighted by Crippen LogP contribution is -2.39. The summed E-state index contributed by atoms with van der Waals surface area (Å²) in [5, 5.41) is 7.54. The molecule has 1 saturated heterocycles. The number of aryl methyl sites for hydroxylation is 1. The lowest BCUT2D eigenvalue weighted by atomic mass is 9.95. The van der Waals surface area contributed by atoms with Crippen LogP contribution in [0, 0.1) is 0 Å². The molecule has 1 N–H and O–H groups in total. The Morgan fingerprint density at radius 1 is 1.17 bits per heavy atom. The molecule has 1 atom stereocenters. The number of pyridine rings is 1. The second-order valence-corrected chi connectivity index (χ2v) is 6.89. The maximum Gasteiger partial charge on any atom is 0.275 e. The molecule has 0 saturated carbocycles. The van der Waals surface area contributed by atoms with Crippen LogP contribution < -0.4 is 0 Å². The molecule has 1 aliphatic heterocycles. The van der Waals surface area contributed by atoms with Crippen LogP contribution in [0.2, 0.25) is 0 Å². The summed E-state index contributed by atoms with van der Waals surface area (Å²) in [4.78, 5) is 19.5. The van der Waals surface area contributed by atoms with E-state index in [-0.39, 0.29) is 11.9 Å². The normalized spacial score (nSPS) is 21.2. The first-order chi connectivity index (χ1) is 11.8. The van der Waals surface area contributed by atoms with E-state index in [1.54, 1.807) is 6.20 Å². The molecule has 1 fully saturated rings. The van der Waals surface area contributed by atoms with Crippen molar-refractivity contribution in [3.8, 4) is 0 Å². The highest BCUT2D eigenvalue weighted by molar-refractivity contribution is 5.94. The number of aromatic nitrogens is 3. The Bertz CT molecular complexity index is 709. The molecule has 0 radical (unpaired) electrons. The van der Waals surface area contributed by atoms with Gasteiger partial charge in [0.05, 0.1) is 6.04 Å². The predicted octanol–water partition coefficient (Wildman–Crippen LogP) is 3.44. The van der Waals surface area contributed by atoms with Gasteiger partial charge >= 0.3 is 0 Å². The van der Waals surface area contributed by atoms with E-state index in [1.165, 1.54) is 18.5 Å². The van der Waals surface area contributed by atoms with Crippen molar-refractivity contribution in [2.45, 2.75) is 57.4 Å². The summed E-state index contributed by atoms with van der Waals surface area (Å²) in [7, 11) is 0. The summed E-state index contributed by atoms with van der Waals surface area (Å²) >= 11 is 0. The van der Waals surface area contributed by atoms with E-state index in [1.807, 2.05) is 17.2 Å². The van der Waals surface area contributed by atoms with Gasteiger partial charge in [-0.25, -0.2) is 0 Å². The molecule has 24 heavy (non-hydrogen) atoms. The number of hydrogen-bond donors (Lipinski definition) is 1. The first-order valence-electron chi connectivity index (χ1n) is 9.11. The third-order valence-corrected chi connectivity index (χ3v) is 5.34. The molecule has 5 nitrogen and oxygen atoms in total. The highest BCUT2D eigenvalue weighted by Gasteiger charge is 2.32. The van der Waals surface area contributed by atoms with Crippen LogP contribution in [-0.4, -0.2) is 32.5 Å². The molecule has 1 aliphatic carbocycles. The highest BCUT2D eigenvalue weighted by Crippen LogP contribution is 2.32. The van der Waals surface area contributed by atoms with Crippen molar-refractivity contribution in [2.75, 3.05) is 6.54 Å². The highest BCUT2D eigenvalue weighted by atomic mass is 16.2. The molecule has 0 unspecified atom stereocenters. The number of nitrogens with zero attached hydrogens (tertiary/aromatic N) is 3. The minimum absolute atomic E-state index is 0.0861. The largest absolute Gasteiger partial charge is 0.330 e. The summed E-state index contributed by atoms with van der Waals surface area (Å²) in [5.74, 6) is 0.0861. The van der Waals surface area contributed by atoms with Crippen LogP contribution in [0.3, 0.4) is 0 Å². The Hall–Kier alpha value is -2.17. The van der Waals surface area contributed by atoms with Crippen molar-refractivity contribution in [1.29, 1.82) is 0 Å². The number of fused-ring (bicyclic) bond motifs is 1. The first kappa shape index (κ1) is 15.4. The van der Waals surface area contributed by atoms with E-state index in [9.17, 15) is 4.79 Å². The average Bonchev–Trinajstić information content (AvgIpc) is 2.90. The van der Waals surface area contributed by atoms with Crippen molar-refractivity contribution >= 4 is 5.91 Å². The van der Waals surface area contributed by atoms with Gasteiger partial charge in [-0.1, -0.05) is 12.5 Å². The Labute approximate surface area is 142 Å². The van der Waals surface area contributed by atoms with E-state index in [4.69, 9.17) is 0 Å². The van der Waals surface area contributed by atoms with Gasteiger partial charge in [0.15, 0.2) is 5.69 Å². The van der Waals surface area contributed by atoms with E-state index >= 15 is 0 Å². The second kappa shape index (κ2) is 6.75. The average molecular weight is 324 g/mol. The minimum Gasteiger partial charge on any atom is -0.330 e. The molecule has 126 valence electrons. The van der Waals surface area contributed by atoms with Crippen LogP contribution in [0.1, 0.15) is 71.9 Å². The summed E-state index contributed by atoms with van der Waals surface area (Å²) in [6.45, 7) is 0.806. The maximum absolute atomic E-state index is 13.3. The Morgan fingerprint density at radius 3 is 2.96 bits per heavy atom. The molecular weight excluding hydrogens is 300 g/mol. The lowest BCUT2D eigenvalue weighted by molar-refractivity contribution is 0.0604. The zero-order chi connectivity index (χ0) is 16.4. The second-order valence-electron chi connectivity index (χ2n) is 6.89. The Balaban J connectivity index is 1.64. The minimum atomic E-state index is 0.0861. The van der Waals surface area contributed by atoms with Gasteiger partial charge in [-0.3, -0.25) is 14.9 Å².